The van der Waals surface area contributed by atoms with Gasteiger partial charge in [0, 0.05) is 53.9 Å². The van der Waals surface area contributed by atoms with E-state index in [1.54, 1.807) is 0 Å². The molecule has 0 N–H and O–H groups in total. The highest BCUT2D eigenvalue weighted by Crippen LogP contribution is 2.43. The topological polar surface area (TPSA) is 46.5 Å². The van der Waals surface area contributed by atoms with Crippen molar-refractivity contribution in [3.63, 3.8) is 0 Å². The van der Waals surface area contributed by atoms with Crippen molar-refractivity contribution >= 4 is 75.3 Å². The summed E-state index contributed by atoms with van der Waals surface area (Å²) in [7, 11) is 0. The van der Waals surface area contributed by atoms with Crippen LogP contribution < -0.4 is 0 Å². The predicted octanol–water partition coefficient (Wildman–Crippen LogP) is 11.2. The lowest BCUT2D eigenvalue weighted by atomic mass is 10.0. The zero-order valence-electron chi connectivity index (χ0n) is 25.1. The summed E-state index contributed by atoms with van der Waals surface area (Å²) in [4.78, 5) is 4.92. The third kappa shape index (κ3) is 3.77. The number of fused-ring (bicyclic) bond motifs is 10. The highest BCUT2D eigenvalue weighted by molar-refractivity contribution is 7.26. The predicted molar refractivity (Wildman–Crippen MR) is 196 cm³/mol. The molecular formula is C42H24N4S. The minimum absolute atomic E-state index is 0.623. The summed E-state index contributed by atoms with van der Waals surface area (Å²) in [6.45, 7) is 0. The second-order valence-corrected chi connectivity index (χ2v) is 13.0. The zero-order chi connectivity index (χ0) is 31.1. The van der Waals surface area contributed by atoms with Crippen LogP contribution in [0.15, 0.2) is 146 Å². The molecule has 0 fully saturated rings. The molecule has 0 aliphatic rings. The average Bonchev–Trinajstić information content (AvgIpc) is 3.79. The Morgan fingerprint density at radius 3 is 2.04 bits per heavy atom. The molecule has 0 aliphatic heterocycles. The minimum atomic E-state index is 0.623. The van der Waals surface area contributed by atoms with Crippen molar-refractivity contribution in [1.82, 2.24) is 14.1 Å². The maximum atomic E-state index is 10.2. The van der Waals surface area contributed by atoms with E-state index in [0.717, 1.165) is 50.1 Å². The molecule has 4 aromatic heterocycles. The van der Waals surface area contributed by atoms with Gasteiger partial charge in [0.05, 0.1) is 39.2 Å². The number of benzene rings is 6. The van der Waals surface area contributed by atoms with E-state index in [9.17, 15) is 5.26 Å². The van der Waals surface area contributed by atoms with Gasteiger partial charge < -0.3 is 9.13 Å². The minimum Gasteiger partial charge on any atom is -0.309 e. The first-order chi connectivity index (χ1) is 23.3. The second-order valence-electron chi connectivity index (χ2n) is 11.9. The lowest BCUT2D eigenvalue weighted by Crippen LogP contribution is -1.97. The fraction of sp³-hybridized carbons (Fsp3) is 0. The van der Waals surface area contributed by atoms with Gasteiger partial charge in [0.15, 0.2) is 0 Å². The van der Waals surface area contributed by atoms with Crippen LogP contribution in [-0.4, -0.2) is 14.1 Å². The highest BCUT2D eigenvalue weighted by Gasteiger charge is 2.19. The first kappa shape index (κ1) is 26.0. The number of nitrogens with zero attached hydrogens (tertiary/aromatic N) is 4. The van der Waals surface area contributed by atoms with Gasteiger partial charge in [0.2, 0.25) is 0 Å². The summed E-state index contributed by atoms with van der Waals surface area (Å²) < 4.78 is 7.14. The van der Waals surface area contributed by atoms with E-state index in [2.05, 4.69) is 137 Å². The van der Waals surface area contributed by atoms with Crippen LogP contribution in [0.5, 0.6) is 0 Å². The molecule has 0 saturated heterocycles. The Morgan fingerprint density at radius 2 is 1.23 bits per heavy atom. The monoisotopic (exact) mass is 616 g/mol. The highest BCUT2D eigenvalue weighted by atomic mass is 32.1. The SMILES string of the molecule is N#Cc1cc(-c2cccc(-n3c4cccnc4c4c5sc6ccccc6c5ccc43)c2)cc(-n2c3ccccc3c3ccccc32)c1. The Hall–Kier alpha value is -6.22. The lowest BCUT2D eigenvalue weighted by molar-refractivity contribution is 1.17. The number of pyridine rings is 1. The van der Waals surface area contributed by atoms with Gasteiger partial charge in [0.25, 0.3) is 0 Å². The number of thiophene rings is 1. The standard InChI is InChI=1S/C42H24N4S/c43-25-26-21-28(24-30(22-26)46-35-14-4-1-11-31(35)32-12-2-5-15-36(32)46)27-9-7-10-29(23-27)45-37-19-18-34-33-13-3-6-17-39(33)47-42(34)40(37)41-38(45)16-8-20-44-41/h1-24H. The number of aromatic nitrogens is 3. The largest absolute Gasteiger partial charge is 0.309 e. The van der Waals surface area contributed by atoms with Crippen LogP contribution in [0.3, 0.4) is 0 Å². The smallest absolute Gasteiger partial charge is 0.0992 e. The zero-order valence-corrected chi connectivity index (χ0v) is 25.9. The number of rotatable bonds is 3. The first-order valence-electron chi connectivity index (χ1n) is 15.6. The van der Waals surface area contributed by atoms with Crippen LogP contribution in [0, 0.1) is 11.3 Å². The van der Waals surface area contributed by atoms with Gasteiger partial charge >= 0.3 is 0 Å². The van der Waals surface area contributed by atoms with Crippen molar-refractivity contribution in [3.8, 4) is 28.6 Å². The van der Waals surface area contributed by atoms with Crippen LogP contribution in [0.4, 0.5) is 0 Å². The number of para-hydroxylation sites is 2. The molecule has 4 heterocycles. The van der Waals surface area contributed by atoms with E-state index >= 15 is 0 Å². The van der Waals surface area contributed by atoms with Gasteiger partial charge in [0.1, 0.15) is 0 Å². The number of hydrogen-bond acceptors (Lipinski definition) is 3. The summed E-state index contributed by atoms with van der Waals surface area (Å²) >= 11 is 1.83. The summed E-state index contributed by atoms with van der Waals surface area (Å²) in [5.41, 5.74) is 10.1. The summed E-state index contributed by atoms with van der Waals surface area (Å²) in [6, 6.07) is 51.5. The van der Waals surface area contributed by atoms with E-state index in [1.165, 1.54) is 36.3 Å². The molecule has 10 aromatic rings. The van der Waals surface area contributed by atoms with E-state index < -0.39 is 0 Å². The Kier molecular flexibility index (Phi) is 5.48. The average molecular weight is 617 g/mol. The van der Waals surface area contributed by atoms with Crippen LogP contribution in [0.1, 0.15) is 5.56 Å². The van der Waals surface area contributed by atoms with Crippen molar-refractivity contribution in [3.05, 3.63) is 151 Å². The second kappa shape index (κ2) is 9.89. The van der Waals surface area contributed by atoms with Crippen LogP contribution in [-0.2, 0) is 0 Å². The summed E-state index contributed by atoms with van der Waals surface area (Å²) in [5, 5.41) is 16.3. The van der Waals surface area contributed by atoms with Gasteiger partial charge in [-0.15, -0.1) is 11.3 Å². The number of nitriles is 1. The molecule has 0 saturated carbocycles. The Balaban J connectivity index is 1.20. The maximum Gasteiger partial charge on any atom is 0.0992 e. The summed E-state index contributed by atoms with van der Waals surface area (Å²) in [6.07, 6.45) is 1.89. The van der Waals surface area contributed by atoms with Crippen molar-refractivity contribution in [1.29, 1.82) is 5.26 Å². The molecule has 5 heteroatoms. The van der Waals surface area contributed by atoms with Crippen LogP contribution >= 0.6 is 11.3 Å². The Morgan fingerprint density at radius 1 is 0.532 bits per heavy atom. The molecule has 0 spiro atoms. The molecule has 6 aromatic carbocycles. The molecular weight excluding hydrogens is 593 g/mol. The van der Waals surface area contributed by atoms with Crippen LogP contribution in [0.25, 0.3) is 86.4 Å². The quantitative estimate of drug-likeness (QED) is 0.198. The molecule has 0 atom stereocenters. The Labute approximate surface area is 273 Å². The van der Waals surface area contributed by atoms with Crippen molar-refractivity contribution < 1.29 is 0 Å². The van der Waals surface area contributed by atoms with E-state index in [-0.39, 0.29) is 0 Å². The van der Waals surface area contributed by atoms with E-state index in [1.807, 2.05) is 35.7 Å². The fourth-order valence-electron chi connectivity index (χ4n) is 7.37. The molecule has 0 aliphatic carbocycles. The molecule has 218 valence electrons. The third-order valence-corrected chi connectivity index (χ3v) is 10.6. The van der Waals surface area contributed by atoms with E-state index in [4.69, 9.17) is 4.98 Å². The van der Waals surface area contributed by atoms with Crippen LogP contribution in [0.2, 0.25) is 0 Å². The van der Waals surface area contributed by atoms with Gasteiger partial charge in [-0.05, 0) is 77.9 Å². The van der Waals surface area contributed by atoms with Crippen molar-refractivity contribution in [2.45, 2.75) is 0 Å². The normalized spacial score (nSPS) is 11.8. The van der Waals surface area contributed by atoms with Gasteiger partial charge in [-0.2, -0.15) is 5.26 Å². The third-order valence-electron chi connectivity index (χ3n) is 9.35. The lowest BCUT2D eigenvalue weighted by Gasteiger charge is -2.13. The molecule has 0 amide bonds. The maximum absolute atomic E-state index is 10.2. The van der Waals surface area contributed by atoms with E-state index in [0.29, 0.717) is 5.56 Å². The molecule has 0 bridgehead atoms. The first-order valence-corrected chi connectivity index (χ1v) is 16.4. The van der Waals surface area contributed by atoms with Gasteiger partial charge in [-0.1, -0.05) is 72.8 Å². The van der Waals surface area contributed by atoms with Gasteiger partial charge in [-0.3, -0.25) is 4.98 Å². The Bertz CT molecular complexity index is 2880. The van der Waals surface area contributed by atoms with Gasteiger partial charge in [-0.25, -0.2) is 0 Å². The molecule has 0 unspecified atom stereocenters. The summed E-state index contributed by atoms with van der Waals surface area (Å²) in [5.74, 6) is 0. The molecule has 47 heavy (non-hydrogen) atoms. The van der Waals surface area contributed by atoms with Crippen molar-refractivity contribution in [2.75, 3.05) is 0 Å². The molecule has 0 radical (unpaired) electrons. The molecule has 10 rings (SSSR count). The van der Waals surface area contributed by atoms with Crippen molar-refractivity contribution in [2.24, 2.45) is 0 Å². The molecule has 4 nitrogen and oxygen atoms in total. The fourth-order valence-corrected chi connectivity index (χ4v) is 8.61. The number of hydrogen-bond donors (Lipinski definition) is 0.